The summed E-state index contributed by atoms with van der Waals surface area (Å²) in [5.74, 6) is 0.0871. The quantitative estimate of drug-likeness (QED) is 0.738. The van der Waals surface area contributed by atoms with Crippen LogP contribution in [0.5, 0.6) is 0 Å². The maximum atomic E-state index is 14.2. The van der Waals surface area contributed by atoms with Crippen molar-refractivity contribution in [2.24, 2.45) is 33.2 Å². The summed E-state index contributed by atoms with van der Waals surface area (Å²) in [5.41, 5.74) is 1.04. The average Bonchev–Trinajstić information content (AvgIpc) is 3.26. The first-order valence-electron chi connectivity index (χ1n) is 10.4. The molecule has 6 heteroatoms. The zero-order valence-corrected chi connectivity index (χ0v) is 17.6. The van der Waals surface area contributed by atoms with Gasteiger partial charge in [-0.05, 0) is 24.2 Å². The molecule has 1 saturated heterocycles. The van der Waals surface area contributed by atoms with E-state index in [0.717, 1.165) is 19.3 Å². The average molecular weight is 386 g/mol. The van der Waals surface area contributed by atoms with Gasteiger partial charge in [-0.2, -0.15) is 5.10 Å². The molecule has 2 aliphatic heterocycles. The van der Waals surface area contributed by atoms with Crippen molar-refractivity contribution >= 4 is 17.8 Å². The molecular formula is C22H30N2O4. The van der Waals surface area contributed by atoms with Crippen molar-refractivity contribution in [3.8, 4) is 0 Å². The van der Waals surface area contributed by atoms with Crippen LogP contribution in [0.15, 0.2) is 16.4 Å². The van der Waals surface area contributed by atoms with E-state index in [1.54, 1.807) is 6.21 Å². The van der Waals surface area contributed by atoms with Crippen LogP contribution in [0.2, 0.25) is 0 Å². The first-order valence-corrected chi connectivity index (χ1v) is 10.4. The molecule has 0 amide bonds. The topological polar surface area (TPSA) is 80.3 Å². The summed E-state index contributed by atoms with van der Waals surface area (Å²) in [7, 11) is 1.49. The Morgan fingerprint density at radius 3 is 2.57 bits per heavy atom. The van der Waals surface area contributed by atoms with Gasteiger partial charge in [-0.25, -0.2) is 0 Å². The van der Waals surface area contributed by atoms with Crippen molar-refractivity contribution in [3.05, 3.63) is 11.3 Å². The number of nitrogens with one attached hydrogen (secondary N) is 1. The lowest BCUT2D eigenvalue weighted by Gasteiger charge is -2.64. The molecule has 5 rings (SSSR count). The van der Waals surface area contributed by atoms with Gasteiger partial charge in [0.15, 0.2) is 11.5 Å². The number of ketones is 2. The number of hydrazone groups is 1. The van der Waals surface area contributed by atoms with Crippen LogP contribution in [-0.4, -0.2) is 42.6 Å². The number of methoxy groups -OCH3 is 1. The minimum absolute atomic E-state index is 0.00553. The summed E-state index contributed by atoms with van der Waals surface area (Å²) in [6.07, 6.45) is 4.35. The number of Topliss-reactive ketones (excluding diaryl/α,β-unsaturated/α-hetero) is 2. The van der Waals surface area contributed by atoms with Crippen LogP contribution in [0, 0.1) is 28.1 Å². The molecule has 6 nitrogen and oxygen atoms in total. The van der Waals surface area contributed by atoms with Crippen molar-refractivity contribution < 1.29 is 19.1 Å². The highest BCUT2D eigenvalue weighted by Gasteiger charge is 2.87. The number of carbonyl (C=O) groups is 2. The summed E-state index contributed by atoms with van der Waals surface area (Å²) < 4.78 is 11.9. The number of ether oxygens (including phenoxy) is 2. The number of hydrogen-bond donors (Lipinski definition) is 1. The lowest BCUT2D eigenvalue weighted by Crippen LogP contribution is -2.80. The summed E-state index contributed by atoms with van der Waals surface area (Å²) in [5, 5.41) is 4.40. The third-order valence-electron chi connectivity index (χ3n) is 8.52. The molecule has 5 aliphatic rings. The van der Waals surface area contributed by atoms with Crippen molar-refractivity contribution in [3.63, 3.8) is 0 Å². The van der Waals surface area contributed by atoms with Crippen molar-refractivity contribution in [2.75, 3.05) is 7.11 Å². The molecule has 152 valence electrons. The van der Waals surface area contributed by atoms with E-state index >= 15 is 0 Å². The van der Waals surface area contributed by atoms with Gasteiger partial charge in [-0.3, -0.25) is 15.0 Å². The van der Waals surface area contributed by atoms with E-state index < -0.39 is 16.4 Å². The molecule has 3 fully saturated rings. The molecule has 0 radical (unpaired) electrons. The molecule has 0 aromatic rings. The second kappa shape index (κ2) is 5.07. The van der Waals surface area contributed by atoms with Crippen molar-refractivity contribution in [2.45, 2.75) is 71.6 Å². The zero-order chi connectivity index (χ0) is 20.3. The van der Waals surface area contributed by atoms with Crippen LogP contribution in [0.3, 0.4) is 0 Å². The molecule has 2 saturated carbocycles. The van der Waals surface area contributed by atoms with Crippen LogP contribution < -0.4 is 5.43 Å². The maximum absolute atomic E-state index is 14.2. The Morgan fingerprint density at radius 2 is 1.93 bits per heavy atom. The van der Waals surface area contributed by atoms with E-state index in [-0.39, 0.29) is 46.8 Å². The molecule has 28 heavy (non-hydrogen) atoms. The van der Waals surface area contributed by atoms with Gasteiger partial charge < -0.3 is 9.47 Å². The Hall–Kier alpha value is -1.69. The molecule has 6 atom stereocenters. The molecule has 0 aromatic carbocycles. The summed E-state index contributed by atoms with van der Waals surface area (Å²) in [4.78, 5) is 28.2. The Balaban J connectivity index is 1.83. The van der Waals surface area contributed by atoms with Crippen LogP contribution in [0.4, 0.5) is 0 Å². The molecular weight excluding hydrogens is 356 g/mol. The van der Waals surface area contributed by atoms with Crippen LogP contribution in [0.25, 0.3) is 0 Å². The van der Waals surface area contributed by atoms with E-state index in [2.05, 4.69) is 31.3 Å². The standard InChI is InChI=1S/C22H30N2O4/c1-11(2)12-13(27-6)17(26)22-20(5)9-7-8-19(3,4)15(20)14-18(28-14)21(22,16(12)25)10-23-24-22/h10-11,14-15,18,24H,7-9H2,1-6H3/t14-,15+,18-,20+,21+,22+/m1/s1. The molecule has 0 unspecified atom stereocenters. The summed E-state index contributed by atoms with van der Waals surface area (Å²) in [6.45, 7) is 10.6. The van der Waals surface area contributed by atoms with Crippen molar-refractivity contribution in [1.82, 2.24) is 5.43 Å². The predicted octanol–water partition coefficient (Wildman–Crippen LogP) is 2.62. The van der Waals surface area contributed by atoms with Crippen LogP contribution in [0.1, 0.15) is 53.9 Å². The Morgan fingerprint density at radius 1 is 1.21 bits per heavy atom. The van der Waals surface area contributed by atoms with Crippen LogP contribution >= 0.6 is 0 Å². The monoisotopic (exact) mass is 386 g/mol. The van der Waals surface area contributed by atoms with Gasteiger partial charge in [0.2, 0.25) is 5.78 Å². The second-order valence-corrected chi connectivity index (χ2v) is 10.5. The third kappa shape index (κ3) is 1.62. The summed E-state index contributed by atoms with van der Waals surface area (Å²) >= 11 is 0. The Bertz CT molecular complexity index is 859. The first-order chi connectivity index (χ1) is 13.1. The van der Waals surface area contributed by atoms with E-state index in [1.807, 2.05) is 13.8 Å². The number of rotatable bonds is 2. The van der Waals surface area contributed by atoms with E-state index in [9.17, 15) is 9.59 Å². The normalized spacial score (nSPS) is 47.9. The van der Waals surface area contributed by atoms with Gasteiger partial charge in [0.1, 0.15) is 17.1 Å². The Labute approximate surface area is 166 Å². The molecule has 2 heterocycles. The van der Waals surface area contributed by atoms with Gasteiger partial charge in [-0.15, -0.1) is 0 Å². The lowest BCUT2D eigenvalue weighted by atomic mass is 9.37. The number of epoxide rings is 1. The minimum Gasteiger partial charge on any atom is -0.492 e. The number of hydrogen-bond acceptors (Lipinski definition) is 6. The number of allylic oxidation sites excluding steroid dienone is 1. The molecule has 3 aliphatic carbocycles. The first kappa shape index (κ1) is 18.3. The highest BCUT2D eigenvalue weighted by Crippen LogP contribution is 2.73. The van der Waals surface area contributed by atoms with Crippen LogP contribution in [-0.2, 0) is 19.1 Å². The molecule has 0 bridgehead atoms. The summed E-state index contributed by atoms with van der Waals surface area (Å²) in [6, 6.07) is 0. The van der Waals surface area contributed by atoms with Gasteiger partial charge in [0, 0.05) is 23.1 Å². The molecule has 0 aromatic heterocycles. The number of nitrogens with zero attached hydrogens (tertiary/aromatic N) is 1. The molecule has 0 spiro atoms. The fourth-order valence-corrected chi connectivity index (χ4v) is 7.57. The highest BCUT2D eigenvalue weighted by atomic mass is 16.6. The second-order valence-electron chi connectivity index (χ2n) is 10.5. The van der Waals surface area contributed by atoms with Gasteiger partial charge in [0.05, 0.1) is 13.2 Å². The fraction of sp³-hybridized carbons (Fsp3) is 0.773. The Kier molecular flexibility index (Phi) is 3.32. The largest absolute Gasteiger partial charge is 0.492 e. The SMILES string of the molecule is COC1=C(C(C)C)C(=O)[C@]23C=NN[C@@]2(C1=O)[C@@]1(C)CCCC(C)(C)[C@@H]1[C@H]1O[C@H]13. The highest BCUT2D eigenvalue weighted by molar-refractivity contribution is 6.26. The zero-order valence-electron chi connectivity index (χ0n) is 17.6. The van der Waals surface area contributed by atoms with Crippen molar-refractivity contribution in [1.29, 1.82) is 0 Å². The van der Waals surface area contributed by atoms with Gasteiger partial charge >= 0.3 is 0 Å². The predicted molar refractivity (Wildman–Crippen MR) is 104 cm³/mol. The van der Waals surface area contributed by atoms with E-state index in [4.69, 9.17) is 9.47 Å². The van der Waals surface area contributed by atoms with E-state index in [0.29, 0.717) is 5.57 Å². The number of fused-ring (bicyclic) bond motifs is 3. The molecule has 1 N–H and O–H groups in total. The van der Waals surface area contributed by atoms with Gasteiger partial charge in [-0.1, -0.05) is 41.0 Å². The third-order valence-corrected chi connectivity index (χ3v) is 8.52. The smallest absolute Gasteiger partial charge is 0.226 e. The maximum Gasteiger partial charge on any atom is 0.226 e. The van der Waals surface area contributed by atoms with E-state index in [1.165, 1.54) is 7.11 Å². The van der Waals surface area contributed by atoms with Gasteiger partial charge in [0.25, 0.3) is 0 Å². The lowest BCUT2D eigenvalue weighted by molar-refractivity contribution is -0.165. The number of carbonyl (C=O) groups excluding carboxylic acids is 2. The minimum atomic E-state index is -1.14. The fourth-order valence-electron chi connectivity index (χ4n) is 7.57.